The number of ether oxygens (including phenoxy) is 2. The van der Waals surface area contributed by atoms with Crippen LogP contribution >= 0.6 is 23.5 Å². The summed E-state index contributed by atoms with van der Waals surface area (Å²) in [5.74, 6) is 1.99. The Morgan fingerprint density at radius 1 is 1.31 bits per heavy atom. The Balaban J connectivity index is 2.25. The predicted octanol–water partition coefficient (Wildman–Crippen LogP) is 1.00. The van der Waals surface area contributed by atoms with Crippen molar-refractivity contribution in [1.29, 1.82) is 0 Å². The van der Waals surface area contributed by atoms with E-state index in [2.05, 4.69) is 0 Å². The van der Waals surface area contributed by atoms with Gasteiger partial charge >= 0.3 is 0 Å². The summed E-state index contributed by atoms with van der Waals surface area (Å²) in [6, 6.07) is 0. The smallest absolute Gasteiger partial charge is 0.242 e. The zero-order chi connectivity index (χ0) is 11.8. The third-order valence-corrected chi connectivity index (χ3v) is 5.83. The zero-order valence-electron chi connectivity index (χ0n) is 9.19. The van der Waals surface area contributed by atoms with Crippen molar-refractivity contribution >= 4 is 29.3 Å². The summed E-state index contributed by atoms with van der Waals surface area (Å²) < 4.78 is 9.82. The highest BCUT2D eigenvalue weighted by atomic mass is 32.2. The van der Waals surface area contributed by atoms with Gasteiger partial charge < -0.3 is 14.6 Å². The van der Waals surface area contributed by atoms with Gasteiger partial charge in [-0.05, 0) is 17.9 Å². The fraction of sp³-hybridized carbons (Fsp3) is 0.700. The first-order chi connectivity index (χ1) is 7.66. The summed E-state index contributed by atoms with van der Waals surface area (Å²) in [7, 11) is 2.86. The van der Waals surface area contributed by atoms with Gasteiger partial charge in [-0.25, -0.2) is 0 Å². The molecule has 6 heteroatoms. The molecule has 0 amide bonds. The molecule has 1 heterocycles. The SMILES string of the molecule is COC1=C(OC)C(O)(C2SCCCS2)C1=O. The fourth-order valence-electron chi connectivity index (χ4n) is 1.87. The maximum atomic E-state index is 11.8. The molecule has 1 fully saturated rings. The lowest BCUT2D eigenvalue weighted by atomic mass is 9.84. The Morgan fingerprint density at radius 3 is 2.44 bits per heavy atom. The van der Waals surface area contributed by atoms with E-state index in [0.29, 0.717) is 0 Å². The fourth-order valence-corrected chi connectivity index (χ4v) is 4.97. The quantitative estimate of drug-likeness (QED) is 0.819. The maximum Gasteiger partial charge on any atom is 0.242 e. The third-order valence-electron chi connectivity index (χ3n) is 2.68. The van der Waals surface area contributed by atoms with Crippen LogP contribution in [0, 0.1) is 0 Å². The molecule has 0 spiro atoms. The van der Waals surface area contributed by atoms with Gasteiger partial charge in [0.1, 0.15) is 0 Å². The minimum absolute atomic E-state index is 0.150. The number of aliphatic hydroxyl groups is 1. The van der Waals surface area contributed by atoms with Crippen LogP contribution in [0.2, 0.25) is 0 Å². The van der Waals surface area contributed by atoms with Crippen LogP contribution in [0.5, 0.6) is 0 Å². The van der Waals surface area contributed by atoms with Crippen molar-refractivity contribution in [2.75, 3.05) is 25.7 Å². The van der Waals surface area contributed by atoms with Crippen LogP contribution in [0.3, 0.4) is 0 Å². The number of rotatable bonds is 3. The molecular formula is C10H14O4S2. The van der Waals surface area contributed by atoms with Crippen LogP contribution in [0.4, 0.5) is 0 Å². The molecular weight excluding hydrogens is 248 g/mol. The van der Waals surface area contributed by atoms with Crippen molar-refractivity contribution in [2.24, 2.45) is 0 Å². The summed E-state index contributed by atoms with van der Waals surface area (Å²) in [6.45, 7) is 0. The Bertz CT molecular complexity index is 336. The average Bonchev–Trinajstić information content (AvgIpc) is 2.35. The van der Waals surface area contributed by atoms with Gasteiger partial charge in [0, 0.05) is 0 Å². The lowest BCUT2D eigenvalue weighted by Gasteiger charge is -2.42. The van der Waals surface area contributed by atoms with Gasteiger partial charge in [0.2, 0.25) is 17.1 Å². The summed E-state index contributed by atoms with van der Waals surface area (Å²) in [4.78, 5) is 11.8. The second-order valence-corrected chi connectivity index (χ2v) is 6.31. The van der Waals surface area contributed by atoms with E-state index in [9.17, 15) is 9.90 Å². The molecule has 0 aromatic heterocycles. The van der Waals surface area contributed by atoms with Gasteiger partial charge in [-0.3, -0.25) is 4.79 Å². The van der Waals surface area contributed by atoms with Gasteiger partial charge in [0.25, 0.3) is 0 Å². The van der Waals surface area contributed by atoms with Crippen LogP contribution in [-0.2, 0) is 14.3 Å². The van der Waals surface area contributed by atoms with E-state index in [4.69, 9.17) is 9.47 Å². The Hall–Kier alpha value is -0.330. The monoisotopic (exact) mass is 262 g/mol. The topological polar surface area (TPSA) is 55.8 Å². The number of Topliss-reactive ketones (excluding diaryl/α,β-unsaturated/α-hetero) is 1. The molecule has 4 nitrogen and oxygen atoms in total. The van der Waals surface area contributed by atoms with Crippen LogP contribution in [0.15, 0.2) is 11.5 Å². The highest BCUT2D eigenvalue weighted by molar-refractivity contribution is 8.17. The van der Waals surface area contributed by atoms with E-state index in [1.165, 1.54) is 14.2 Å². The molecule has 1 unspecified atom stereocenters. The first kappa shape index (κ1) is 12.1. The van der Waals surface area contributed by atoms with E-state index >= 15 is 0 Å². The first-order valence-corrected chi connectivity index (χ1v) is 7.09. The van der Waals surface area contributed by atoms with Gasteiger partial charge in [-0.2, -0.15) is 0 Å². The van der Waals surface area contributed by atoms with Crippen LogP contribution in [0.25, 0.3) is 0 Å². The first-order valence-electron chi connectivity index (χ1n) is 4.99. The lowest BCUT2D eigenvalue weighted by Crippen LogP contribution is -2.58. The van der Waals surface area contributed by atoms with Crippen molar-refractivity contribution in [3.8, 4) is 0 Å². The van der Waals surface area contributed by atoms with E-state index in [1.807, 2.05) is 0 Å². The lowest BCUT2D eigenvalue weighted by molar-refractivity contribution is -0.143. The predicted molar refractivity (Wildman–Crippen MR) is 64.3 cm³/mol. The molecule has 1 saturated heterocycles. The van der Waals surface area contributed by atoms with Gasteiger partial charge in [0.15, 0.2) is 5.76 Å². The molecule has 0 saturated carbocycles. The van der Waals surface area contributed by atoms with Crippen LogP contribution in [0.1, 0.15) is 6.42 Å². The van der Waals surface area contributed by atoms with Crippen molar-refractivity contribution in [2.45, 2.75) is 16.6 Å². The molecule has 0 radical (unpaired) electrons. The normalized spacial score (nSPS) is 31.3. The highest BCUT2D eigenvalue weighted by Gasteiger charge is 2.61. The Labute approximate surface area is 103 Å². The average molecular weight is 262 g/mol. The number of ketones is 1. The molecule has 2 aliphatic rings. The molecule has 16 heavy (non-hydrogen) atoms. The molecule has 2 rings (SSSR count). The second-order valence-electron chi connectivity index (χ2n) is 3.59. The van der Waals surface area contributed by atoms with Gasteiger partial charge in [-0.1, -0.05) is 0 Å². The molecule has 0 aromatic carbocycles. The molecule has 90 valence electrons. The van der Waals surface area contributed by atoms with E-state index < -0.39 is 5.60 Å². The van der Waals surface area contributed by atoms with E-state index in [0.717, 1.165) is 17.9 Å². The maximum absolute atomic E-state index is 11.8. The van der Waals surface area contributed by atoms with E-state index in [1.54, 1.807) is 23.5 Å². The summed E-state index contributed by atoms with van der Waals surface area (Å²) in [5.41, 5.74) is -1.49. The second kappa shape index (κ2) is 4.50. The third kappa shape index (κ3) is 1.55. The van der Waals surface area contributed by atoms with Crippen LogP contribution in [-0.4, -0.2) is 46.8 Å². The Kier molecular flexibility index (Phi) is 3.42. The molecule has 0 bridgehead atoms. The number of methoxy groups -OCH3 is 2. The van der Waals surface area contributed by atoms with Crippen molar-refractivity contribution in [1.82, 2.24) is 0 Å². The minimum atomic E-state index is -1.49. The number of carbonyl (C=O) groups excluding carboxylic acids is 1. The molecule has 1 atom stereocenters. The number of carbonyl (C=O) groups is 1. The van der Waals surface area contributed by atoms with Crippen molar-refractivity contribution < 1.29 is 19.4 Å². The van der Waals surface area contributed by atoms with Crippen molar-refractivity contribution in [3.63, 3.8) is 0 Å². The summed E-state index contributed by atoms with van der Waals surface area (Å²) in [5, 5.41) is 10.4. The van der Waals surface area contributed by atoms with Crippen LogP contribution < -0.4 is 0 Å². The molecule has 1 aliphatic carbocycles. The van der Waals surface area contributed by atoms with Gasteiger partial charge in [0.05, 0.1) is 18.8 Å². The zero-order valence-corrected chi connectivity index (χ0v) is 10.8. The summed E-state index contributed by atoms with van der Waals surface area (Å²) in [6.07, 6.45) is 1.11. The molecule has 1 N–H and O–H groups in total. The van der Waals surface area contributed by atoms with Gasteiger partial charge in [-0.15, -0.1) is 23.5 Å². The number of thioether (sulfide) groups is 2. The minimum Gasteiger partial charge on any atom is -0.494 e. The summed E-state index contributed by atoms with van der Waals surface area (Å²) >= 11 is 3.21. The molecule has 0 aromatic rings. The standard InChI is InChI=1S/C10H14O4S2/c1-13-6-7(11)10(12,8(6)14-2)9-15-4-3-5-16-9/h9,12H,3-5H2,1-2H3. The molecule has 1 aliphatic heterocycles. The van der Waals surface area contributed by atoms with Crippen molar-refractivity contribution in [3.05, 3.63) is 11.5 Å². The number of hydrogen-bond acceptors (Lipinski definition) is 6. The largest absolute Gasteiger partial charge is 0.494 e. The van der Waals surface area contributed by atoms with E-state index in [-0.39, 0.29) is 21.9 Å². The highest BCUT2D eigenvalue weighted by Crippen LogP contribution is 2.48. The number of hydrogen-bond donors (Lipinski definition) is 1. The Morgan fingerprint density at radius 2 is 1.94 bits per heavy atom.